The van der Waals surface area contributed by atoms with Crippen LogP contribution in [0.4, 0.5) is 0 Å². The number of nitrogens with zero attached hydrogens (tertiary/aromatic N) is 4. The zero-order chi connectivity index (χ0) is 10.1. The SMILES string of the molecule is [C-]#[N+]C(CC)([N+]#[C-])C1(C(=O)O)N=N1. The van der Waals surface area contributed by atoms with Gasteiger partial charge >= 0.3 is 17.3 Å². The van der Waals surface area contributed by atoms with Crippen molar-refractivity contribution < 1.29 is 9.90 Å². The summed E-state index contributed by atoms with van der Waals surface area (Å²) in [5, 5.41) is 15.4. The Labute approximate surface area is 74.5 Å². The lowest BCUT2D eigenvalue weighted by Crippen LogP contribution is -2.45. The van der Waals surface area contributed by atoms with Gasteiger partial charge in [0.25, 0.3) is 0 Å². The fourth-order valence-electron chi connectivity index (χ4n) is 1.05. The molecular formula is C7H6N4O2. The second-order valence-corrected chi connectivity index (χ2v) is 2.57. The Morgan fingerprint density at radius 1 is 1.54 bits per heavy atom. The lowest BCUT2D eigenvalue weighted by molar-refractivity contribution is -0.141. The average molecular weight is 178 g/mol. The highest BCUT2D eigenvalue weighted by atomic mass is 16.4. The lowest BCUT2D eigenvalue weighted by atomic mass is 9.95. The summed E-state index contributed by atoms with van der Waals surface area (Å²) < 4.78 is 0. The highest BCUT2D eigenvalue weighted by molar-refractivity contribution is 5.84. The number of rotatable bonds is 3. The third-order valence-electron chi connectivity index (χ3n) is 2.02. The first-order valence-electron chi connectivity index (χ1n) is 3.53. The Morgan fingerprint density at radius 2 is 2.00 bits per heavy atom. The second kappa shape index (κ2) is 2.53. The number of aliphatic carboxylic acids is 1. The van der Waals surface area contributed by atoms with Gasteiger partial charge < -0.3 is 5.11 Å². The van der Waals surface area contributed by atoms with Crippen LogP contribution in [0.1, 0.15) is 13.3 Å². The molecule has 1 aliphatic rings. The Hall–Kier alpha value is -1.95. The average Bonchev–Trinajstić information content (AvgIpc) is 2.90. The van der Waals surface area contributed by atoms with E-state index >= 15 is 0 Å². The minimum Gasteiger partial charge on any atom is -0.477 e. The van der Waals surface area contributed by atoms with E-state index in [4.69, 9.17) is 18.3 Å². The van der Waals surface area contributed by atoms with Crippen LogP contribution in [0.25, 0.3) is 9.69 Å². The van der Waals surface area contributed by atoms with E-state index in [1.165, 1.54) is 0 Å². The molecule has 0 amide bonds. The fraction of sp³-hybridized carbons (Fsp3) is 0.571. The van der Waals surface area contributed by atoms with Gasteiger partial charge in [0.15, 0.2) is 0 Å². The van der Waals surface area contributed by atoms with Crippen molar-refractivity contribution in [2.45, 2.75) is 24.7 Å². The summed E-state index contributed by atoms with van der Waals surface area (Å²) in [5.74, 6) is -1.33. The summed E-state index contributed by atoms with van der Waals surface area (Å²) in [6, 6.07) is 0. The molecule has 1 rings (SSSR count). The standard InChI is InChI=1S/C7H6N4O2/c1-4-6(8-2,9-3)7(5(12)13)10-11-7/h4H2,1H3,(H,12,13). The van der Waals surface area contributed by atoms with Gasteiger partial charge in [-0.15, -0.1) is 10.2 Å². The van der Waals surface area contributed by atoms with Gasteiger partial charge in [0.05, 0.1) is 0 Å². The van der Waals surface area contributed by atoms with E-state index in [0.717, 1.165) is 0 Å². The summed E-state index contributed by atoms with van der Waals surface area (Å²) >= 11 is 0. The molecule has 0 fully saturated rings. The van der Waals surface area contributed by atoms with Gasteiger partial charge in [-0.05, 0) is 6.92 Å². The maximum absolute atomic E-state index is 10.7. The molecule has 6 heteroatoms. The maximum atomic E-state index is 10.7. The number of hydrogen-bond acceptors (Lipinski definition) is 3. The van der Waals surface area contributed by atoms with Gasteiger partial charge in [-0.3, -0.25) is 0 Å². The second-order valence-electron chi connectivity index (χ2n) is 2.57. The van der Waals surface area contributed by atoms with E-state index in [1.54, 1.807) is 6.92 Å². The van der Waals surface area contributed by atoms with Crippen LogP contribution in [0, 0.1) is 13.1 Å². The molecule has 0 atom stereocenters. The van der Waals surface area contributed by atoms with Gasteiger partial charge in [-0.25, -0.2) is 27.6 Å². The van der Waals surface area contributed by atoms with Crippen LogP contribution < -0.4 is 0 Å². The highest BCUT2D eigenvalue weighted by Crippen LogP contribution is 2.45. The minimum atomic E-state index is -1.83. The van der Waals surface area contributed by atoms with E-state index in [1.807, 2.05) is 0 Å². The molecule has 1 N–H and O–H groups in total. The van der Waals surface area contributed by atoms with E-state index < -0.39 is 17.3 Å². The molecule has 0 aromatic heterocycles. The van der Waals surface area contributed by atoms with Crippen molar-refractivity contribution in [1.82, 2.24) is 0 Å². The van der Waals surface area contributed by atoms with E-state index in [-0.39, 0.29) is 6.42 Å². The molecular weight excluding hydrogens is 172 g/mol. The zero-order valence-corrected chi connectivity index (χ0v) is 6.85. The Kier molecular flexibility index (Phi) is 1.78. The van der Waals surface area contributed by atoms with Crippen molar-refractivity contribution in [2.75, 3.05) is 0 Å². The van der Waals surface area contributed by atoms with E-state index in [0.29, 0.717) is 0 Å². The van der Waals surface area contributed by atoms with Crippen molar-refractivity contribution in [3.8, 4) is 0 Å². The van der Waals surface area contributed by atoms with Crippen LogP contribution in [0.5, 0.6) is 0 Å². The lowest BCUT2D eigenvalue weighted by Gasteiger charge is -2.09. The van der Waals surface area contributed by atoms with Crippen molar-refractivity contribution in [3.63, 3.8) is 0 Å². The normalized spacial score (nSPS) is 17.2. The van der Waals surface area contributed by atoms with Crippen LogP contribution in [-0.2, 0) is 4.79 Å². The molecule has 13 heavy (non-hydrogen) atoms. The number of carboxylic acid groups (broad SMARTS) is 1. The maximum Gasteiger partial charge on any atom is 0.543 e. The molecule has 0 bridgehead atoms. The van der Waals surface area contributed by atoms with E-state index in [9.17, 15) is 4.79 Å². The number of carboxylic acids is 1. The van der Waals surface area contributed by atoms with Crippen molar-refractivity contribution >= 4 is 5.97 Å². The number of carbonyl (C=O) groups is 1. The Morgan fingerprint density at radius 3 is 2.08 bits per heavy atom. The Bertz CT molecular complexity index is 340. The molecule has 0 spiro atoms. The highest BCUT2D eigenvalue weighted by Gasteiger charge is 2.78. The van der Waals surface area contributed by atoms with Gasteiger partial charge in [0, 0.05) is 0 Å². The fourth-order valence-corrected chi connectivity index (χ4v) is 1.05. The molecule has 1 heterocycles. The van der Waals surface area contributed by atoms with Gasteiger partial charge in [-0.1, -0.05) is 0 Å². The summed E-state index contributed by atoms with van der Waals surface area (Å²) in [6.07, 6.45) is 0.0965. The monoisotopic (exact) mass is 178 g/mol. The molecule has 66 valence electrons. The molecule has 0 saturated heterocycles. The van der Waals surface area contributed by atoms with Crippen molar-refractivity contribution in [1.29, 1.82) is 0 Å². The van der Waals surface area contributed by atoms with Crippen LogP contribution in [0.15, 0.2) is 10.2 Å². The number of hydrogen-bond donors (Lipinski definition) is 1. The Balaban J connectivity index is 3.12. The molecule has 0 radical (unpaired) electrons. The first kappa shape index (κ1) is 9.14. The van der Waals surface area contributed by atoms with Gasteiger partial charge in [0.2, 0.25) is 0 Å². The van der Waals surface area contributed by atoms with Crippen LogP contribution in [0.3, 0.4) is 0 Å². The predicted octanol–water partition coefficient (Wildman–Crippen LogP) is 1.18. The third-order valence-corrected chi connectivity index (χ3v) is 2.02. The predicted molar refractivity (Wildman–Crippen MR) is 41.4 cm³/mol. The summed E-state index contributed by atoms with van der Waals surface area (Å²) in [5.41, 5.74) is -3.52. The van der Waals surface area contributed by atoms with Gasteiger partial charge in [0.1, 0.15) is 6.42 Å². The molecule has 0 aromatic carbocycles. The summed E-state index contributed by atoms with van der Waals surface area (Å²) in [6.45, 7) is 15.2. The smallest absolute Gasteiger partial charge is 0.477 e. The first-order valence-corrected chi connectivity index (χ1v) is 3.53. The van der Waals surface area contributed by atoms with Gasteiger partial charge in [-0.2, -0.15) is 0 Å². The third kappa shape index (κ3) is 0.890. The van der Waals surface area contributed by atoms with Crippen LogP contribution >= 0.6 is 0 Å². The largest absolute Gasteiger partial charge is 0.543 e. The minimum absolute atomic E-state index is 0.0965. The van der Waals surface area contributed by atoms with Crippen molar-refractivity contribution in [2.24, 2.45) is 10.2 Å². The van der Waals surface area contributed by atoms with E-state index in [2.05, 4.69) is 19.9 Å². The van der Waals surface area contributed by atoms with Crippen molar-refractivity contribution in [3.05, 3.63) is 22.8 Å². The first-order chi connectivity index (χ1) is 6.08. The summed E-state index contributed by atoms with van der Waals surface area (Å²) in [4.78, 5) is 16.8. The molecule has 0 aromatic rings. The molecule has 1 aliphatic heterocycles. The van der Waals surface area contributed by atoms with Crippen LogP contribution in [-0.4, -0.2) is 22.4 Å². The zero-order valence-electron chi connectivity index (χ0n) is 6.85. The molecule has 0 saturated carbocycles. The molecule has 6 nitrogen and oxygen atoms in total. The molecule has 0 aliphatic carbocycles. The van der Waals surface area contributed by atoms with Crippen LogP contribution in [0.2, 0.25) is 0 Å². The summed E-state index contributed by atoms with van der Waals surface area (Å²) in [7, 11) is 0. The topological polar surface area (TPSA) is 70.7 Å². The quantitative estimate of drug-likeness (QED) is 0.659. The molecule has 0 unspecified atom stereocenters.